The van der Waals surface area contributed by atoms with E-state index in [-0.39, 0.29) is 6.61 Å². The molecule has 0 radical (unpaired) electrons. The Balaban J connectivity index is 1.54. The minimum atomic E-state index is -0.503. The number of piperidine rings is 1. The number of aromatic nitrogens is 1. The zero-order valence-electron chi connectivity index (χ0n) is 17.8. The first-order valence-electron chi connectivity index (χ1n) is 10.3. The number of likely N-dealkylation sites (tertiary alicyclic amines) is 1. The average molecular weight is 420 g/mol. The van der Waals surface area contributed by atoms with E-state index in [4.69, 9.17) is 9.47 Å². The summed E-state index contributed by atoms with van der Waals surface area (Å²) >= 11 is 1.68. The topological polar surface area (TPSA) is 58.1 Å². The number of nitrogens with zero attached hydrogens (tertiary/aromatic N) is 3. The number of benzene rings is 1. The second-order valence-electron chi connectivity index (χ2n) is 7.84. The van der Waals surface area contributed by atoms with Gasteiger partial charge in [0, 0.05) is 25.0 Å². The Bertz CT molecular complexity index is 762. The van der Waals surface area contributed by atoms with Gasteiger partial charge in [0.1, 0.15) is 12.7 Å². The summed E-state index contributed by atoms with van der Waals surface area (Å²) in [5.41, 5.74) is 2.24. The third-order valence-electron chi connectivity index (χ3n) is 5.13. The lowest BCUT2D eigenvalue weighted by atomic mass is 10.1. The van der Waals surface area contributed by atoms with Crippen LogP contribution in [0.25, 0.3) is 0 Å². The molecule has 2 heterocycles. The SMILES string of the molecule is COc1ccc(CN(C)Cc2csc(C)n2)cc1OC[C@@H](O)CN1CCCCC1. The molecule has 0 spiro atoms. The van der Waals surface area contributed by atoms with Gasteiger partial charge in [0.05, 0.1) is 17.8 Å². The van der Waals surface area contributed by atoms with Gasteiger partial charge in [-0.1, -0.05) is 12.5 Å². The van der Waals surface area contributed by atoms with Gasteiger partial charge in [-0.3, -0.25) is 4.90 Å². The number of methoxy groups -OCH3 is 1. The van der Waals surface area contributed by atoms with Crippen LogP contribution in [-0.4, -0.2) is 66.4 Å². The smallest absolute Gasteiger partial charge is 0.161 e. The van der Waals surface area contributed by atoms with Gasteiger partial charge in [-0.05, 0) is 57.6 Å². The molecule has 1 atom stereocenters. The fourth-order valence-corrected chi connectivity index (χ4v) is 4.34. The summed E-state index contributed by atoms with van der Waals surface area (Å²) in [6.45, 7) is 6.69. The zero-order valence-corrected chi connectivity index (χ0v) is 18.6. The van der Waals surface area contributed by atoms with E-state index >= 15 is 0 Å². The maximum atomic E-state index is 10.4. The molecule has 0 amide bonds. The summed E-state index contributed by atoms with van der Waals surface area (Å²) in [5.74, 6) is 1.37. The molecular weight excluding hydrogens is 386 g/mol. The van der Waals surface area contributed by atoms with E-state index in [0.29, 0.717) is 18.0 Å². The number of hydrogen-bond donors (Lipinski definition) is 1. The Morgan fingerprint density at radius 2 is 2.00 bits per heavy atom. The molecule has 3 rings (SSSR count). The standard InChI is InChI=1S/C22H33N3O3S/c1-17-23-19(16-29-17)13-24(2)12-18-7-8-21(27-3)22(11-18)28-15-20(26)14-25-9-5-4-6-10-25/h7-8,11,16,20,26H,4-6,9-10,12-15H2,1-3H3/t20-/m0/s1. The van der Waals surface area contributed by atoms with Crippen molar-refractivity contribution in [3.05, 3.63) is 39.8 Å². The molecule has 1 fully saturated rings. The predicted molar refractivity (Wildman–Crippen MR) is 117 cm³/mol. The van der Waals surface area contributed by atoms with E-state index in [1.807, 2.05) is 19.1 Å². The molecule has 6 nitrogen and oxygen atoms in total. The predicted octanol–water partition coefficient (Wildman–Crippen LogP) is 3.32. The quantitative estimate of drug-likeness (QED) is 0.638. The molecule has 1 aliphatic rings. The van der Waals surface area contributed by atoms with Gasteiger partial charge in [0.15, 0.2) is 11.5 Å². The van der Waals surface area contributed by atoms with E-state index in [9.17, 15) is 5.11 Å². The van der Waals surface area contributed by atoms with E-state index in [2.05, 4.69) is 33.3 Å². The molecule has 1 aliphatic heterocycles. The van der Waals surface area contributed by atoms with Crippen molar-refractivity contribution >= 4 is 11.3 Å². The third kappa shape index (κ3) is 6.96. The number of aliphatic hydroxyl groups excluding tert-OH is 1. The molecule has 7 heteroatoms. The van der Waals surface area contributed by atoms with Crippen LogP contribution in [0.1, 0.15) is 35.5 Å². The zero-order chi connectivity index (χ0) is 20.6. The summed E-state index contributed by atoms with van der Waals surface area (Å²) in [6.07, 6.45) is 3.23. The van der Waals surface area contributed by atoms with Crippen molar-refractivity contribution in [3.63, 3.8) is 0 Å². The summed E-state index contributed by atoms with van der Waals surface area (Å²) in [5, 5.41) is 13.6. The maximum Gasteiger partial charge on any atom is 0.161 e. The number of aryl methyl sites for hydroxylation is 1. The van der Waals surface area contributed by atoms with Gasteiger partial charge in [0.25, 0.3) is 0 Å². The van der Waals surface area contributed by atoms with Gasteiger partial charge >= 0.3 is 0 Å². The lowest BCUT2D eigenvalue weighted by molar-refractivity contribution is 0.0608. The summed E-state index contributed by atoms with van der Waals surface area (Å²) in [4.78, 5) is 9.08. The van der Waals surface area contributed by atoms with Crippen LogP contribution in [-0.2, 0) is 13.1 Å². The molecule has 0 saturated carbocycles. The fourth-order valence-electron chi connectivity index (χ4n) is 3.74. The summed E-state index contributed by atoms with van der Waals surface area (Å²) in [6, 6.07) is 6.00. The van der Waals surface area contributed by atoms with Crippen LogP contribution in [0.4, 0.5) is 0 Å². The Hall–Kier alpha value is -1.67. The first kappa shape index (κ1) is 22.0. The molecule has 0 aliphatic carbocycles. The molecule has 0 unspecified atom stereocenters. The van der Waals surface area contributed by atoms with E-state index < -0.39 is 6.10 Å². The highest BCUT2D eigenvalue weighted by molar-refractivity contribution is 7.09. The number of ether oxygens (including phenoxy) is 2. The molecule has 2 aromatic rings. The lowest BCUT2D eigenvalue weighted by Crippen LogP contribution is -2.38. The molecule has 1 aromatic heterocycles. The molecular formula is C22H33N3O3S. The number of β-amino-alcohol motifs (C(OH)–C–C–N with tert-alkyl or cyclic N) is 1. The Morgan fingerprint density at radius 1 is 1.21 bits per heavy atom. The van der Waals surface area contributed by atoms with Crippen LogP contribution in [0, 0.1) is 6.92 Å². The van der Waals surface area contributed by atoms with Crippen molar-refractivity contribution in [1.82, 2.24) is 14.8 Å². The van der Waals surface area contributed by atoms with Gasteiger partial charge < -0.3 is 19.5 Å². The van der Waals surface area contributed by atoms with Crippen molar-refractivity contribution in [2.45, 2.75) is 45.4 Å². The molecule has 1 aromatic carbocycles. The van der Waals surface area contributed by atoms with Gasteiger partial charge in [-0.25, -0.2) is 4.98 Å². The fraction of sp³-hybridized carbons (Fsp3) is 0.591. The van der Waals surface area contributed by atoms with Crippen LogP contribution in [0.5, 0.6) is 11.5 Å². The van der Waals surface area contributed by atoms with Crippen molar-refractivity contribution in [1.29, 1.82) is 0 Å². The molecule has 0 bridgehead atoms. The van der Waals surface area contributed by atoms with Crippen LogP contribution < -0.4 is 9.47 Å². The van der Waals surface area contributed by atoms with Crippen molar-refractivity contribution in [3.8, 4) is 11.5 Å². The van der Waals surface area contributed by atoms with Crippen molar-refractivity contribution in [2.24, 2.45) is 0 Å². The Kier molecular flexibility index (Phi) is 8.29. The monoisotopic (exact) mass is 419 g/mol. The third-order valence-corrected chi connectivity index (χ3v) is 5.95. The molecule has 1 saturated heterocycles. The maximum absolute atomic E-state index is 10.4. The number of hydrogen-bond acceptors (Lipinski definition) is 7. The van der Waals surface area contributed by atoms with Crippen molar-refractivity contribution in [2.75, 3.05) is 40.4 Å². The molecule has 160 valence electrons. The highest BCUT2D eigenvalue weighted by Gasteiger charge is 2.16. The number of aliphatic hydroxyl groups is 1. The van der Waals surface area contributed by atoms with Crippen LogP contribution >= 0.6 is 11.3 Å². The van der Waals surface area contributed by atoms with Gasteiger partial charge in [-0.15, -0.1) is 11.3 Å². The summed E-state index contributed by atoms with van der Waals surface area (Å²) < 4.78 is 11.4. The van der Waals surface area contributed by atoms with Gasteiger partial charge in [-0.2, -0.15) is 0 Å². The largest absolute Gasteiger partial charge is 0.493 e. The Labute approximate surface area is 178 Å². The minimum absolute atomic E-state index is 0.268. The minimum Gasteiger partial charge on any atom is -0.493 e. The second-order valence-corrected chi connectivity index (χ2v) is 8.90. The Morgan fingerprint density at radius 3 is 2.69 bits per heavy atom. The molecule has 29 heavy (non-hydrogen) atoms. The highest BCUT2D eigenvalue weighted by atomic mass is 32.1. The lowest BCUT2D eigenvalue weighted by Gasteiger charge is -2.28. The van der Waals surface area contributed by atoms with Crippen LogP contribution in [0.15, 0.2) is 23.6 Å². The second kappa shape index (κ2) is 10.9. The van der Waals surface area contributed by atoms with Crippen LogP contribution in [0.2, 0.25) is 0 Å². The van der Waals surface area contributed by atoms with Gasteiger partial charge in [0.2, 0.25) is 0 Å². The first-order valence-corrected chi connectivity index (χ1v) is 11.2. The van der Waals surface area contributed by atoms with Crippen LogP contribution in [0.3, 0.4) is 0 Å². The number of rotatable bonds is 10. The number of thiazole rings is 1. The first-order chi connectivity index (χ1) is 14.0. The normalized spacial score (nSPS) is 16.2. The van der Waals surface area contributed by atoms with E-state index in [1.165, 1.54) is 19.3 Å². The highest BCUT2D eigenvalue weighted by Crippen LogP contribution is 2.29. The van der Waals surface area contributed by atoms with Crippen molar-refractivity contribution < 1.29 is 14.6 Å². The molecule has 1 N–H and O–H groups in total. The summed E-state index contributed by atoms with van der Waals surface area (Å²) in [7, 11) is 3.73. The van der Waals surface area contributed by atoms with E-state index in [0.717, 1.165) is 42.4 Å². The average Bonchev–Trinajstić information content (AvgIpc) is 3.11. The van der Waals surface area contributed by atoms with E-state index in [1.54, 1.807) is 18.4 Å².